The number of benzene rings is 1. The number of hydrogen-bond acceptors (Lipinski definition) is 5. The van der Waals surface area contributed by atoms with Gasteiger partial charge in [-0.1, -0.05) is 49.9 Å². The Bertz CT molecular complexity index is 940. The molecule has 0 N–H and O–H groups in total. The van der Waals surface area contributed by atoms with Crippen molar-refractivity contribution in [3.05, 3.63) is 57.2 Å². The minimum atomic E-state index is -0.0637. The second-order valence-electron chi connectivity index (χ2n) is 5.88. The highest BCUT2D eigenvalue weighted by atomic mass is 32.2. The van der Waals surface area contributed by atoms with Crippen LogP contribution in [0.2, 0.25) is 0 Å². The fourth-order valence-electron chi connectivity index (χ4n) is 2.36. The first-order chi connectivity index (χ1) is 11.5. The maximum atomic E-state index is 12.4. The maximum absolute atomic E-state index is 12.4. The predicted octanol–water partition coefficient (Wildman–Crippen LogP) is 4.09. The van der Waals surface area contributed by atoms with E-state index >= 15 is 0 Å². The Balaban J connectivity index is 1.76. The lowest BCUT2D eigenvalue weighted by atomic mass is 10.0. The third kappa shape index (κ3) is 3.30. The molecule has 0 aliphatic carbocycles. The molecule has 2 aromatic heterocycles. The van der Waals surface area contributed by atoms with Crippen molar-refractivity contribution in [2.75, 3.05) is 5.75 Å². The van der Waals surface area contributed by atoms with E-state index in [1.165, 1.54) is 33.2 Å². The number of thioether (sulfide) groups is 1. The van der Waals surface area contributed by atoms with Gasteiger partial charge in [0.15, 0.2) is 10.9 Å². The molecular formula is C18H18N2O2S2. The topological polar surface area (TPSA) is 52.0 Å². The first-order valence-corrected chi connectivity index (χ1v) is 9.54. The third-order valence-corrected chi connectivity index (χ3v) is 5.80. The average molecular weight is 358 g/mol. The number of rotatable bonds is 5. The molecule has 0 saturated heterocycles. The molecular weight excluding hydrogens is 340 g/mol. The quantitative estimate of drug-likeness (QED) is 0.391. The molecule has 6 heteroatoms. The lowest BCUT2D eigenvalue weighted by Crippen LogP contribution is -2.19. The van der Waals surface area contributed by atoms with E-state index in [0.717, 1.165) is 0 Å². The van der Waals surface area contributed by atoms with Gasteiger partial charge in [0.2, 0.25) is 0 Å². The zero-order chi connectivity index (χ0) is 17.3. The van der Waals surface area contributed by atoms with Crippen molar-refractivity contribution in [2.24, 2.45) is 7.05 Å². The molecule has 0 spiro atoms. The molecule has 24 heavy (non-hydrogen) atoms. The van der Waals surface area contributed by atoms with E-state index in [2.05, 4.69) is 18.8 Å². The normalized spacial score (nSPS) is 11.3. The number of ketones is 1. The zero-order valence-corrected chi connectivity index (χ0v) is 15.4. The first-order valence-electron chi connectivity index (χ1n) is 7.67. The SMILES string of the molecule is CC(C)c1ccc(C(=O)CSc2nc3ccsc3c(=O)n2C)cc1. The van der Waals surface area contributed by atoms with E-state index in [1.807, 2.05) is 35.7 Å². The lowest BCUT2D eigenvalue weighted by Gasteiger charge is -2.08. The van der Waals surface area contributed by atoms with Crippen LogP contribution in [-0.2, 0) is 7.05 Å². The van der Waals surface area contributed by atoms with Crippen molar-refractivity contribution >= 4 is 39.1 Å². The smallest absolute Gasteiger partial charge is 0.271 e. The van der Waals surface area contributed by atoms with E-state index in [4.69, 9.17) is 0 Å². The largest absolute Gasteiger partial charge is 0.293 e. The summed E-state index contributed by atoms with van der Waals surface area (Å²) in [6.45, 7) is 4.25. The van der Waals surface area contributed by atoms with Crippen LogP contribution >= 0.6 is 23.1 Å². The van der Waals surface area contributed by atoms with Gasteiger partial charge in [0.05, 0.1) is 11.3 Å². The number of carbonyl (C=O) groups excluding carboxylic acids is 1. The summed E-state index contributed by atoms with van der Waals surface area (Å²) in [5, 5.41) is 2.42. The van der Waals surface area contributed by atoms with Gasteiger partial charge in [0.1, 0.15) is 4.70 Å². The van der Waals surface area contributed by atoms with Gasteiger partial charge in [-0.25, -0.2) is 4.98 Å². The average Bonchev–Trinajstić information content (AvgIpc) is 3.05. The molecule has 124 valence electrons. The standard InChI is InChI=1S/C18H18N2O2S2/c1-11(2)12-4-6-13(7-5-12)15(21)10-24-18-19-14-8-9-23-16(14)17(22)20(18)3/h4-9,11H,10H2,1-3H3. The molecule has 0 saturated carbocycles. The number of thiophene rings is 1. The molecule has 0 fully saturated rings. The Kier molecular flexibility index (Phi) is 4.87. The fourth-order valence-corrected chi connectivity index (χ4v) is 4.04. The van der Waals surface area contributed by atoms with Crippen LogP contribution in [0.15, 0.2) is 45.7 Å². The summed E-state index contributed by atoms with van der Waals surface area (Å²) in [6, 6.07) is 9.55. The molecule has 0 bridgehead atoms. The first kappa shape index (κ1) is 16.9. The molecule has 0 aliphatic heterocycles. The van der Waals surface area contributed by atoms with Gasteiger partial charge in [-0.05, 0) is 22.9 Å². The summed E-state index contributed by atoms with van der Waals surface area (Å²) in [5.41, 5.74) is 2.53. The number of fused-ring (bicyclic) bond motifs is 1. The van der Waals surface area contributed by atoms with Gasteiger partial charge in [0.25, 0.3) is 5.56 Å². The van der Waals surface area contributed by atoms with Gasteiger partial charge in [0, 0.05) is 12.6 Å². The van der Waals surface area contributed by atoms with Gasteiger partial charge in [-0.2, -0.15) is 0 Å². The minimum absolute atomic E-state index is 0.0370. The Hall–Kier alpha value is -1.92. The van der Waals surface area contributed by atoms with Crippen molar-refractivity contribution in [3.63, 3.8) is 0 Å². The second kappa shape index (κ2) is 6.91. The number of Topliss-reactive ketones (excluding diaryl/α,β-unsaturated/α-hetero) is 1. The van der Waals surface area contributed by atoms with E-state index in [1.54, 1.807) is 7.05 Å². The Morgan fingerprint density at radius 3 is 2.62 bits per heavy atom. The van der Waals surface area contributed by atoms with Gasteiger partial charge < -0.3 is 0 Å². The number of carbonyl (C=O) groups is 1. The molecule has 0 unspecified atom stereocenters. The Morgan fingerprint density at radius 1 is 1.25 bits per heavy atom. The van der Waals surface area contributed by atoms with E-state index < -0.39 is 0 Å². The highest BCUT2D eigenvalue weighted by molar-refractivity contribution is 7.99. The minimum Gasteiger partial charge on any atom is -0.293 e. The molecule has 4 nitrogen and oxygen atoms in total. The summed E-state index contributed by atoms with van der Waals surface area (Å²) in [4.78, 5) is 29.1. The molecule has 0 aliphatic rings. The zero-order valence-electron chi connectivity index (χ0n) is 13.8. The van der Waals surface area contributed by atoms with Gasteiger partial charge in [-0.15, -0.1) is 11.3 Å². The number of hydrogen-bond donors (Lipinski definition) is 0. The van der Waals surface area contributed by atoms with Gasteiger partial charge in [-0.3, -0.25) is 14.2 Å². The van der Waals surface area contributed by atoms with Crippen LogP contribution < -0.4 is 5.56 Å². The number of nitrogens with zero attached hydrogens (tertiary/aromatic N) is 2. The summed E-state index contributed by atoms with van der Waals surface area (Å²) < 4.78 is 2.16. The lowest BCUT2D eigenvalue weighted by molar-refractivity contribution is 0.102. The Labute approximate surface area is 148 Å². The van der Waals surface area contributed by atoms with E-state index in [9.17, 15) is 9.59 Å². The van der Waals surface area contributed by atoms with Crippen LogP contribution in [0.5, 0.6) is 0 Å². The summed E-state index contributed by atoms with van der Waals surface area (Å²) in [7, 11) is 1.69. The highest BCUT2D eigenvalue weighted by Gasteiger charge is 2.13. The van der Waals surface area contributed by atoms with Crippen molar-refractivity contribution in [3.8, 4) is 0 Å². The van der Waals surface area contributed by atoms with Crippen LogP contribution in [-0.4, -0.2) is 21.1 Å². The molecule has 3 aromatic rings. The highest BCUT2D eigenvalue weighted by Crippen LogP contribution is 2.21. The van der Waals surface area contributed by atoms with Crippen LogP contribution in [0.1, 0.15) is 35.7 Å². The molecule has 0 radical (unpaired) electrons. The summed E-state index contributed by atoms with van der Waals surface area (Å²) in [6.07, 6.45) is 0. The van der Waals surface area contributed by atoms with Crippen LogP contribution in [0.25, 0.3) is 10.2 Å². The van der Waals surface area contributed by atoms with Crippen molar-refractivity contribution in [1.29, 1.82) is 0 Å². The predicted molar refractivity (Wildman–Crippen MR) is 100 cm³/mol. The molecule has 3 rings (SSSR count). The van der Waals surface area contributed by atoms with E-state index in [0.29, 0.717) is 26.9 Å². The summed E-state index contributed by atoms with van der Waals surface area (Å²) >= 11 is 2.69. The molecule has 0 atom stereocenters. The Morgan fingerprint density at radius 2 is 1.96 bits per heavy atom. The maximum Gasteiger partial charge on any atom is 0.271 e. The second-order valence-corrected chi connectivity index (χ2v) is 7.74. The molecule has 0 amide bonds. The van der Waals surface area contributed by atoms with Crippen LogP contribution in [0.4, 0.5) is 0 Å². The van der Waals surface area contributed by atoms with E-state index in [-0.39, 0.29) is 17.1 Å². The summed E-state index contributed by atoms with van der Waals surface area (Å²) in [5.74, 6) is 0.742. The number of aromatic nitrogens is 2. The van der Waals surface area contributed by atoms with Gasteiger partial charge >= 0.3 is 0 Å². The fraction of sp³-hybridized carbons (Fsp3) is 0.278. The van der Waals surface area contributed by atoms with Crippen molar-refractivity contribution in [1.82, 2.24) is 9.55 Å². The molecule has 1 aromatic carbocycles. The third-order valence-electron chi connectivity index (χ3n) is 3.88. The monoisotopic (exact) mass is 358 g/mol. The van der Waals surface area contributed by atoms with Crippen LogP contribution in [0, 0.1) is 0 Å². The van der Waals surface area contributed by atoms with Crippen molar-refractivity contribution < 1.29 is 4.79 Å². The molecule has 2 heterocycles. The van der Waals surface area contributed by atoms with Crippen molar-refractivity contribution in [2.45, 2.75) is 24.9 Å². The van der Waals surface area contributed by atoms with Crippen LogP contribution in [0.3, 0.4) is 0 Å².